The molecule has 1 saturated heterocycles. The molecule has 0 aliphatic carbocycles. The summed E-state index contributed by atoms with van der Waals surface area (Å²) in [7, 11) is 0. The van der Waals surface area contributed by atoms with Gasteiger partial charge in [-0.25, -0.2) is 0 Å². The smallest absolute Gasteiger partial charge is 0.115 e. The minimum Gasteiger partial charge on any atom is -0.394 e. The summed E-state index contributed by atoms with van der Waals surface area (Å²) in [4.78, 5) is 0. The van der Waals surface area contributed by atoms with Crippen molar-refractivity contribution < 1.29 is 20.1 Å². The van der Waals surface area contributed by atoms with Crippen LogP contribution in [0.5, 0.6) is 0 Å². The summed E-state index contributed by atoms with van der Waals surface area (Å²) in [6, 6.07) is 0. The normalized spacial score (nSPS) is 45.8. The lowest BCUT2D eigenvalue weighted by molar-refractivity contribution is -0.155. The molecule has 5 heteroatoms. The number of rotatable bonds is 1. The molecule has 3 N–H and O–H groups in total. The Bertz CT molecular complexity index is 132. The van der Waals surface area contributed by atoms with Crippen molar-refractivity contribution in [2.24, 2.45) is 0 Å². The maximum atomic E-state index is 9.20. The molecule has 1 aliphatic heterocycles. The fraction of sp³-hybridized carbons (Fsp3) is 1.00. The molecule has 0 spiro atoms. The van der Waals surface area contributed by atoms with E-state index in [-0.39, 0.29) is 11.6 Å². The van der Waals surface area contributed by atoms with Gasteiger partial charge in [0.2, 0.25) is 0 Å². The fourth-order valence-electron chi connectivity index (χ4n) is 1.05. The SMILES string of the molecule is OC[C@H]1O[C@H](Br)C[C@@H](O)[C@@H]1O. The van der Waals surface area contributed by atoms with Gasteiger partial charge in [-0.3, -0.25) is 0 Å². The number of aliphatic hydroxyl groups is 3. The molecule has 66 valence electrons. The average molecular weight is 227 g/mol. The zero-order valence-electron chi connectivity index (χ0n) is 5.85. The number of ether oxygens (including phenoxy) is 1. The molecular weight excluding hydrogens is 216 g/mol. The second-order valence-corrected chi connectivity index (χ2v) is 3.58. The average Bonchev–Trinajstić information content (AvgIpc) is 1.96. The topological polar surface area (TPSA) is 69.9 Å². The van der Waals surface area contributed by atoms with E-state index in [1.807, 2.05) is 0 Å². The van der Waals surface area contributed by atoms with Gasteiger partial charge >= 0.3 is 0 Å². The second-order valence-electron chi connectivity index (χ2n) is 2.56. The van der Waals surface area contributed by atoms with Gasteiger partial charge in [0.05, 0.1) is 12.7 Å². The van der Waals surface area contributed by atoms with Crippen molar-refractivity contribution in [3.05, 3.63) is 0 Å². The Morgan fingerprint density at radius 2 is 2.09 bits per heavy atom. The van der Waals surface area contributed by atoms with Gasteiger partial charge in [0.1, 0.15) is 17.2 Å². The molecule has 0 aromatic carbocycles. The maximum Gasteiger partial charge on any atom is 0.115 e. The van der Waals surface area contributed by atoms with Crippen LogP contribution in [0.4, 0.5) is 0 Å². The van der Waals surface area contributed by atoms with Crippen LogP contribution in [-0.2, 0) is 4.74 Å². The van der Waals surface area contributed by atoms with Crippen molar-refractivity contribution >= 4 is 15.9 Å². The van der Waals surface area contributed by atoms with Crippen molar-refractivity contribution in [2.75, 3.05) is 6.61 Å². The van der Waals surface area contributed by atoms with Crippen molar-refractivity contribution in [3.63, 3.8) is 0 Å². The lowest BCUT2D eigenvalue weighted by Crippen LogP contribution is -2.48. The molecule has 0 aromatic rings. The molecule has 0 amide bonds. The van der Waals surface area contributed by atoms with Crippen molar-refractivity contribution in [1.29, 1.82) is 0 Å². The van der Waals surface area contributed by atoms with Crippen LogP contribution >= 0.6 is 15.9 Å². The Morgan fingerprint density at radius 1 is 1.45 bits per heavy atom. The van der Waals surface area contributed by atoms with Crippen LogP contribution in [0.2, 0.25) is 0 Å². The first kappa shape index (κ1) is 9.41. The van der Waals surface area contributed by atoms with Gasteiger partial charge < -0.3 is 20.1 Å². The number of hydrogen-bond donors (Lipinski definition) is 3. The first-order valence-electron chi connectivity index (χ1n) is 3.41. The minimum atomic E-state index is -0.978. The van der Waals surface area contributed by atoms with E-state index in [0.717, 1.165) is 0 Å². The summed E-state index contributed by atoms with van der Waals surface area (Å²) in [5.74, 6) is 0. The minimum absolute atomic E-state index is 0.277. The van der Waals surface area contributed by atoms with Gasteiger partial charge in [-0.15, -0.1) is 0 Å². The summed E-state index contributed by atoms with van der Waals surface area (Å²) in [6.07, 6.45) is -2.13. The van der Waals surface area contributed by atoms with E-state index in [0.29, 0.717) is 6.42 Å². The van der Waals surface area contributed by atoms with Crippen molar-refractivity contribution in [3.8, 4) is 0 Å². The fourth-order valence-corrected chi connectivity index (χ4v) is 1.71. The maximum absolute atomic E-state index is 9.20. The molecule has 4 nitrogen and oxygen atoms in total. The summed E-state index contributed by atoms with van der Waals surface area (Å²) in [5.41, 5.74) is 0. The van der Waals surface area contributed by atoms with Crippen LogP contribution in [0.1, 0.15) is 6.42 Å². The Morgan fingerprint density at radius 3 is 2.64 bits per heavy atom. The summed E-state index contributed by atoms with van der Waals surface area (Å²) in [6.45, 7) is -0.277. The van der Waals surface area contributed by atoms with E-state index >= 15 is 0 Å². The van der Waals surface area contributed by atoms with Crippen LogP contribution < -0.4 is 0 Å². The van der Waals surface area contributed by atoms with Gasteiger partial charge in [-0.2, -0.15) is 0 Å². The monoisotopic (exact) mass is 226 g/mol. The Balaban J connectivity index is 2.51. The van der Waals surface area contributed by atoms with Gasteiger partial charge in [0.25, 0.3) is 0 Å². The predicted molar refractivity (Wildman–Crippen MR) is 41.3 cm³/mol. The second kappa shape index (κ2) is 3.82. The molecule has 0 saturated carbocycles. The molecule has 4 atom stereocenters. The van der Waals surface area contributed by atoms with Gasteiger partial charge in [0.15, 0.2) is 0 Å². The summed E-state index contributed by atoms with van der Waals surface area (Å²) < 4.78 is 5.07. The molecule has 1 aliphatic rings. The number of halogens is 1. The Kier molecular flexibility index (Phi) is 3.27. The quantitative estimate of drug-likeness (QED) is 0.513. The van der Waals surface area contributed by atoms with Crippen LogP contribution in [0, 0.1) is 0 Å². The van der Waals surface area contributed by atoms with Gasteiger partial charge in [-0.05, 0) is 0 Å². The first-order valence-corrected chi connectivity index (χ1v) is 4.33. The highest BCUT2D eigenvalue weighted by Crippen LogP contribution is 2.23. The molecule has 1 rings (SSSR count). The summed E-state index contributed by atoms with van der Waals surface area (Å²) >= 11 is 3.13. The molecule has 1 fully saturated rings. The molecular formula is C6H11BrO4. The predicted octanol–water partition coefficient (Wildman–Crippen LogP) is -0.790. The summed E-state index contributed by atoms with van der Waals surface area (Å²) in [5, 5.41) is 26.8. The third kappa shape index (κ3) is 2.13. The van der Waals surface area contributed by atoms with Crippen molar-refractivity contribution in [2.45, 2.75) is 29.7 Å². The van der Waals surface area contributed by atoms with E-state index in [9.17, 15) is 10.2 Å². The van der Waals surface area contributed by atoms with E-state index < -0.39 is 18.3 Å². The molecule has 1 heterocycles. The van der Waals surface area contributed by atoms with Crippen LogP contribution in [0.15, 0.2) is 0 Å². The van der Waals surface area contributed by atoms with E-state index in [1.165, 1.54) is 0 Å². The highest BCUT2D eigenvalue weighted by Gasteiger charge is 2.34. The third-order valence-corrected chi connectivity index (χ3v) is 2.29. The zero-order chi connectivity index (χ0) is 8.43. The highest BCUT2D eigenvalue weighted by molar-refractivity contribution is 9.09. The molecule has 0 radical (unpaired) electrons. The number of aliphatic hydroxyl groups excluding tert-OH is 3. The van der Waals surface area contributed by atoms with Crippen LogP contribution in [-0.4, -0.2) is 45.3 Å². The van der Waals surface area contributed by atoms with E-state index in [2.05, 4.69) is 15.9 Å². The lowest BCUT2D eigenvalue weighted by atomic mass is 10.0. The molecule has 0 unspecified atom stereocenters. The molecule has 0 aromatic heterocycles. The van der Waals surface area contributed by atoms with E-state index in [1.54, 1.807) is 0 Å². The highest BCUT2D eigenvalue weighted by atomic mass is 79.9. The Hall–Kier alpha value is 0.320. The van der Waals surface area contributed by atoms with E-state index in [4.69, 9.17) is 9.84 Å². The third-order valence-electron chi connectivity index (χ3n) is 1.70. The van der Waals surface area contributed by atoms with Crippen molar-refractivity contribution in [1.82, 2.24) is 0 Å². The number of alkyl halides is 1. The standard InChI is InChI=1S/C6H11BrO4/c7-5-1-3(9)6(10)4(2-8)11-5/h3-6,8-10H,1-2H2/t3-,4-,5+,6+/m1/s1. The van der Waals surface area contributed by atoms with Gasteiger partial charge in [-0.1, -0.05) is 15.9 Å². The van der Waals surface area contributed by atoms with Crippen LogP contribution in [0.3, 0.4) is 0 Å². The lowest BCUT2D eigenvalue weighted by Gasteiger charge is -2.33. The zero-order valence-corrected chi connectivity index (χ0v) is 7.44. The van der Waals surface area contributed by atoms with Crippen LogP contribution in [0.25, 0.3) is 0 Å². The largest absolute Gasteiger partial charge is 0.394 e. The van der Waals surface area contributed by atoms with Gasteiger partial charge in [0, 0.05) is 6.42 Å². The Labute approximate surface area is 72.9 Å². The number of hydrogen-bond acceptors (Lipinski definition) is 4. The first-order chi connectivity index (χ1) is 5.15. The molecule has 0 bridgehead atoms. The molecule has 11 heavy (non-hydrogen) atoms.